The molecule has 1 aliphatic rings. The van der Waals surface area contributed by atoms with E-state index in [4.69, 9.17) is 4.74 Å². The van der Waals surface area contributed by atoms with Crippen LogP contribution in [0, 0.1) is 0 Å². The summed E-state index contributed by atoms with van der Waals surface area (Å²) in [4.78, 5) is 17.5. The number of methoxy groups -OCH3 is 1. The van der Waals surface area contributed by atoms with Gasteiger partial charge < -0.3 is 10.1 Å². The molecule has 2 heterocycles. The Morgan fingerprint density at radius 1 is 1.25 bits per heavy atom. The molecule has 0 amide bonds. The first-order valence-corrected chi connectivity index (χ1v) is 6.82. The summed E-state index contributed by atoms with van der Waals surface area (Å²) in [7, 11) is 1.58. The largest absolute Gasteiger partial charge is 0.481 e. The molecule has 0 aromatic carbocycles. The molecule has 0 saturated carbocycles. The fourth-order valence-electron chi connectivity index (χ4n) is 2.43. The predicted molar refractivity (Wildman–Crippen MR) is 75.8 cm³/mol. The molecule has 2 aromatic heterocycles. The highest BCUT2D eigenvalue weighted by Gasteiger charge is 2.20. The lowest BCUT2D eigenvalue weighted by Gasteiger charge is -2.10. The smallest absolute Gasteiger partial charge is 0.216 e. The molecule has 0 radical (unpaired) electrons. The van der Waals surface area contributed by atoms with Crippen LogP contribution in [-0.4, -0.2) is 33.6 Å². The molecular weight excluding hydrogens is 254 g/mol. The normalized spacial score (nSPS) is 13.1. The monoisotopic (exact) mass is 271 g/mol. The van der Waals surface area contributed by atoms with Gasteiger partial charge in [-0.15, -0.1) is 0 Å². The average molecular weight is 271 g/mol. The van der Waals surface area contributed by atoms with E-state index < -0.39 is 0 Å². The molecule has 0 aliphatic heterocycles. The first kappa shape index (κ1) is 12.8. The Bertz CT molecular complexity index is 629. The van der Waals surface area contributed by atoms with Gasteiger partial charge in [0.25, 0.3) is 0 Å². The molecular formula is C14H17N5O. The minimum Gasteiger partial charge on any atom is -0.481 e. The van der Waals surface area contributed by atoms with Crippen molar-refractivity contribution in [3.63, 3.8) is 0 Å². The van der Waals surface area contributed by atoms with Crippen molar-refractivity contribution in [2.75, 3.05) is 19.0 Å². The molecule has 0 bridgehead atoms. The van der Waals surface area contributed by atoms with E-state index in [0.29, 0.717) is 17.4 Å². The van der Waals surface area contributed by atoms with E-state index in [0.717, 1.165) is 37.3 Å². The Morgan fingerprint density at radius 3 is 2.95 bits per heavy atom. The van der Waals surface area contributed by atoms with Crippen molar-refractivity contribution in [2.24, 2.45) is 0 Å². The Labute approximate surface area is 117 Å². The van der Waals surface area contributed by atoms with Gasteiger partial charge in [0, 0.05) is 23.9 Å². The molecule has 1 N–H and O–H groups in total. The molecule has 6 heteroatoms. The van der Waals surface area contributed by atoms with E-state index in [1.54, 1.807) is 13.2 Å². The summed E-state index contributed by atoms with van der Waals surface area (Å²) in [6, 6.07) is 1.76. The van der Waals surface area contributed by atoms with Gasteiger partial charge in [0.05, 0.1) is 7.11 Å². The maximum absolute atomic E-state index is 5.12. The van der Waals surface area contributed by atoms with Crippen molar-refractivity contribution in [3.8, 4) is 17.4 Å². The number of rotatable bonds is 4. The third-order valence-corrected chi connectivity index (χ3v) is 3.36. The zero-order valence-electron chi connectivity index (χ0n) is 11.7. The van der Waals surface area contributed by atoms with Gasteiger partial charge in [-0.2, -0.15) is 0 Å². The second-order valence-electron chi connectivity index (χ2n) is 4.65. The standard InChI is InChI=1S/C14H17N5O/c1-3-15-13-9-5-4-6-10(9)18-14(19-13)11-7-12(20-2)17-8-16-11/h7-8H,3-6H2,1-2H3,(H,15,18,19). The fourth-order valence-corrected chi connectivity index (χ4v) is 2.43. The summed E-state index contributed by atoms with van der Waals surface area (Å²) >= 11 is 0. The number of aromatic nitrogens is 4. The third-order valence-electron chi connectivity index (χ3n) is 3.36. The molecule has 6 nitrogen and oxygen atoms in total. The number of nitrogens with one attached hydrogen (secondary N) is 1. The molecule has 0 unspecified atom stereocenters. The first-order valence-electron chi connectivity index (χ1n) is 6.82. The molecule has 1 aliphatic carbocycles. The summed E-state index contributed by atoms with van der Waals surface area (Å²) in [5.74, 6) is 2.08. The van der Waals surface area contributed by atoms with Gasteiger partial charge in [-0.25, -0.2) is 19.9 Å². The van der Waals surface area contributed by atoms with Crippen molar-refractivity contribution in [3.05, 3.63) is 23.7 Å². The number of nitrogens with zero attached hydrogens (tertiary/aromatic N) is 4. The Hall–Kier alpha value is -2.24. The van der Waals surface area contributed by atoms with Crippen LogP contribution in [0.25, 0.3) is 11.5 Å². The fraction of sp³-hybridized carbons (Fsp3) is 0.429. The molecule has 3 rings (SSSR count). The average Bonchev–Trinajstić information content (AvgIpc) is 2.96. The predicted octanol–water partition coefficient (Wildman–Crippen LogP) is 1.86. The maximum atomic E-state index is 5.12. The van der Waals surface area contributed by atoms with Crippen LogP contribution in [-0.2, 0) is 12.8 Å². The lowest BCUT2D eigenvalue weighted by Crippen LogP contribution is -2.07. The highest BCUT2D eigenvalue weighted by atomic mass is 16.5. The van der Waals surface area contributed by atoms with Crippen LogP contribution < -0.4 is 10.1 Å². The molecule has 0 atom stereocenters. The molecule has 0 fully saturated rings. The van der Waals surface area contributed by atoms with Crippen molar-refractivity contribution < 1.29 is 4.74 Å². The first-order chi connectivity index (χ1) is 9.81. The van der Waals surface area contributed by atoms with Crippen LogP contribution in [0.3, 0.4) is 0 Å². The number of hydrogen-bond donors (Lipinski definition) is 1. The number of aryl methyl sites for hydroxylation is 1. The lowest BCUT2D eigenvalue weighted by atomic mass is 10.2. The van der Waals surface area contributed by atoms with Crippen LogP contribution in [0.15, 0.2) is 12.4 Å². The van der Waals surface area contributed by atoms with Crippen molar-refractivity contribution in [1.29, 1.82) is 0 Å². The van der Waals surface area contributed by atoms with Crippen molar-refractivity contribution in [2.45, 2.75) is 26.2 Å². The van der Waals surface area contributed by atoms with Crippen LogP contribution in [0.2, 0.25) is 0 Å². The quantitative estimate of drug-likeness (QED) is 0.915. The van der Waals surface area contributed by atoms with Gasteiger partial charge in [-0.1, -0.05) is 0 Å². The second-order valence-corrected chi connectivity index (χ2v) is 4.65. The van der Waals surface area contributed by atoms with E-state index in [-0.39, 0.29) is 0 Å². The SMILES string of the molecule is CCNc1nc(-c2cc(OC)ncn2)nc2c1CCC2. The Kier molecular flexibility index (Phi) is 3.45. The Balaban J connectivity index is 2.07. The number of ether oxygens (including phenoxy) is 1. The summed E-state index contributed by atoms with van der Waals surface area (Å²) in [5, 5.41) is 3.32. The van der Waals surface area contributed by atoms with E-state index in [9.17, 15) is 0 Å². The van der Waals surface area contributed by atoms with E-state index in [1.807, 2.05) is 0 Å². The second kappa shape index (κ2) is 5.40. The molecule has 0 saturated heterocycles. The zero-order chi connectivity index (χ0) is 13.9. The molecule has 104 valence electrons. The Morgan fingerprint density at radius 2 is 2.15 bits per heavy atom. The third kappa shape index (κ3) is 2.29. The van der Waals surface area contributed by atoms with Crippen LogP contribution in [0.1, 0.15) is 24.6 Å². The van der Waals surface area contributed by atoms with Gasteiger partial charge in [0.15, 0.2) is 5.82 Å². The van der Waals surface area contributed by atoms with Gasteiger partial charge >= 0.3 is 0 Å². The number of hydrogen-bond acceptors (Lipinski definition) is 6. The highest BCUT2D eigenvalue weighted by molar-refractivity contribution is 5.58. The van der Waals surface area contributed by atoms with Crippen LogP contribution in [0.4, 0.5) is 5.82 Å². The zero-order valence-corrected chi connectivity index (χ0v) is 11.7. The summed E-state index contributed by atoms with van der Waals surface area (Å²) in [6.07, 6.45) is 4.66. The van der Waals surface area contributed by atoms with Crippen LogP contribution in [0.5, 0.6) is 5.88 Å². The topological polar surface area (TPSA) is 72.8 Å². The van der Waals surface area contributed by atoms with Crippen molar-refractivity contribution in [1.82, 2.24) is 19.9 Å². The summed E-state index contributed by atoms with van der Waals surface area (Å²) in [5.41, 5.74) is 3.06. The number of fused-ring (bicyclic) bond motifs is 1. The van der Waals surface area contributed by atoms with Gasteiger partial charge in [0.2, 0.25) is 5.88 Å². The van der Waals surface area contributed by atoms with E-state index in [1.165, 1.54) is 11.9 Å². The number of anilines is 1. The minimum atomic E-state index is 0.518. The lowest BCUT2D eigenvalue weighted by molar-refractivity contribution is 0.397. The maximum Gasteiger partial charge on any atom is 0.216 e. The van der Waals surface area contributed by atoms with Crippen molar-refractivity contribution >= 4 is 5.82 Å². The highest BCUT2D eigenvalue weighted by Crippen LogP contribution is 2.28. The summed E-state index contributed by atoms with van der Waals surface area (Å²) in [6.45, 7) is 2.91. The molecule has 2 aromatic rings. The van der Waals surface area contributed by atoms with Gasteiger partial charge in [0.1, 0.15) is 17.8 Å². The van der Waals surface area contributed by atoms with Gasteiger partial charge in [-0.05, 0) is 26.2 Å². The summed E-state index contributed by atoms with van der Waals surface area (Å²) < 4.78 is 5.12. The minimum absolute atomic E-state index is 0.518. The van der Waals surface area contributed by atoms with E-state index in [2.05, 4.69) is 32.2 Å². The molecule has 20 heavy (non-hydrogen) atoms. The van der Waals surface area contributed by atoms with Crippen LogP contribution >= 0.6 is 0 Å². The van der Waals surface area contributed by atoms with Gasteiger partial charge in [-0.3, -0.25) is 0 Å². The molecule has 0 spiro atoms. The van der Waals surface area contributed by atoms with E-state index >= 15 is 0 Å².